The Morgan fingerprint density at radius 2 is 1.12 bits per heavy atom. The molecular weight excluding hydrogens is 915 g/mol. The highest BCUT2D eigenvalue weighted by atomic mass is 16.6. The van der Waals surface area contributed by atoms with Gasteiger partial charge in [0.15, 0.2) is 5.41 Å². The quantitative estimate of drug-likeness (QED) is 0.0634. The van der Waals surface area contributed by atoms with Gasteiger partial charge in [0.1, 0.15) is 23.5 Å². The lowest BCUT2D eigenvalue weighted by Crippen LogP contribution is -2.68. The molecule has 2 unspecified atom stereocenters. The lowest BCUT2D eigenvalue weighted by Gasteiger charge is -2.55. The number of esters is 2. The molecule has 0 aliphatic carbocycles. The van der Waals surface area contributed by atoms with E-state index in [2.05, 4.69) is 179 Å². The number of piperidine rings is 3. The Hall–Kier alpha value is -3.22. The molecule has 3 N–H and O–H groups in total. The van der Waals surface area contributed by atoms with Gasteiger partial charge in [-0.05, 0) is 176 Å². The summed E-state index contributed by atoms with van der Waals surface area (Å²) in [6.07, 6.45) is 12.2. The monoisotopic (exact) mass is 1020 g/mol. The maximum atomic E-state index is 15.1. The van der Waals surface area contributed by atoms with E-state index in [1.54, 1.807) is 0 Å². The van der Waals surface area contributed by atoms with Gasteiger partial charge >= 0.3 is 18.0 Å². The predicted molar refractivity (Wildman–Crippen MR) is 298 cm³/mol. The van der Waals surface area contributed by atoms with E-state index in [9.17, 15) is 14.7 Å². The zero-order chi connectivity index (χ0) is 55.8. The number of unbranched alkanes of at least 4 members (excludes halogenated alkanes) is 6. The number of likely N-dealkylation sites (tertiary alicyclic amines) is 2. The minimum absolute atomic E-state index is 0.00641. The Morgan fingerprint density at radius 1 is 0.671 bits per heavy atom. The van der Waals surface area contributed by atoms with E-state index in [1.165, 1.54) is 30.6 Å². The van der Waals surface area contributed by atoms with Crippen molar-refractivity contribution in [1.82, 2.24) is 25.3 Å². The number of carbonyl (C=O) groups is 4. The minimum atomic E-state index is -1.64. The summed E-state index contributed by atoms with van der Waals surface area (Å²) in [6.45, 7) is 43.3. The molecular formula is C61H107N5O7. The first-order valence-corrected chi connectivity index (χ1v) is 28.4. The molecule has 418 valence electrons. The minimum Gasteiger partial charge on any atom is -0.507 e. The van der Waals surface area contributed by atoms with Crippen molar-refractivity contribution in [3.8, 4) is 5.75 Å². The molecule has 1 aromatic rings. The van der Waals surface area contributed by atoms with E-state index in [1.807, 2.05) is 6.07 Å². The maximum absolute atomic E-state index is 15.1. The molecule has 5 rings (SSSR count). The molecule has 4 fully saturated rings. The second kappa shape index (κ2) is 22.4. The van der Waals surface area contributed by atoms with Crippen LogP contribution in [0.2, 0.25) is 0 Å². The van der Waals surface area contributed by atoms with Crippen LogP contribution in [0.3, 0.4) is 0 Å². The van der Waals surface area contributed by atoms with Crippen LogP contribution >= 0.6 is 0 Å². The highest BCUT2D eigenvalue weighted by Gasteiger charge is 2.59. The van der Waals surface area contributed by atoms with Gasteiger partial charge in [-0.15, -0.1) is 0 Å². The van der Waals surface area contributed by atoms with Gasteiger partial charge in [-0.3, -0.25) is 29.1 Å². The number of aromatic hydroxyl groups is 1. The fourth-order valence-corrected chi connectivity index (χ4v) is 12.8. The van der Waals surface area contributed by atoms with Gasteiger partial charge in [-0.25, -0.2) is 4.79 Å². The molecule has 12 heteroatoms. The second-order valence-corrected chi connectivity index (χ2v) is 28.8. The zero-order valence-corrected chi connectivity index (χ0v) is 50.6. The first-order chi connectivity index (χ1) is 33.2. The fourth-order valence-electron chi connectivity index (χ4n) is 12.8. The third kappa shape index (κ3) is 14.0. The topological polar surface area (TPSA) is 141 Å². The van der Waals surface area contributed by atoms with Gasteiger partial charge < -0.3 is 25.2 Å². The van der Waals surface area contributed by atoms with Crippen LogP contribution < -0.4 is 10.6 Å². The van der Waals surface area contributed by atoms with Crippen LogP contribution in [-0.2, 0) is 41.1 Å². The number of benzene rings is 1. The number of rotatable bonds is 16. The molecule has 4 aliphatic rings. The number of imide groups is 1. The normalized spacial score (nSPS) is 25.0. The van der Waals surface area contributed by atoms with Gasteiger partial charge in [0, 0.05) is 35.1 Å². The van der Waals surface area contributed by atoms with Crippen LogP contribution in [0.5, 0.6) is 5.75 Å². The molecule has 3 amide bonds. The molecule has 1 spiro atoms. The summed E-state index contributed by atoms with van der Waals surface area (Å²) in [4.78, 5) is 61.6. The molecule has 2 atom stereocenters. The number of phenolic OH excluding ortho intramolecular Hbond substituents is 1. The number of hydrogen-bond donors (Lipinski definition) is 3. The van der Waals surface area contributed by atoms with E-state index in [0.29, 0.717) is 44.2 Å². The van der Waals surface area contributed by atoms with E-state index < -0.39 is 46.2 Å². The number of amides is 3. The molecule has 0 saturated carbocycles. The van der Waals surface area contributed by atoms with Crippen molar-refractivity contribution in [1.29, 1.82) is 0 Å². The van der Waals surface area contributed by atoms with Gasteiger partial charge in [-0.2, -0.15) is 0 Å². The number of nitrogens with one attached hydrogen (secondary N) is 2. The van der Waals surface area contributed by atoms with Crippen LogP contribution in [0.15, 0.2) is 12.1 Å². The van der Waals surface area contributed by atoms with E-state index >= 15 is 9.59 Å². The first kappa shape index (κ1) is 62.3. The molecule has 1 aromatic carbocycles. The SMILES string of the molecule is CCCCC(Cc1cc(C(C)(C)C)cc(C(C)(C)C)c1O)(C(=O)OC1CCC(C)(C)N(C)C1(C)C)C(=O)OC1CCC(C)(C)N(C)C1(C)C.CCCCCCCCN1C(=O)NC2(CC(C)(C)NC(C)(C)C2)C1=O. The molecule has 4 saturated heterocycles. The van der Waals surface area contributed by atoms with Gasteiger partial charge in [-0.1, -0.05) is 112 Å². The molecule has 0 bridgehead atoms. The number of phenols is 1. The summed E-state index contributed by atoms with van der Waals surface area (Å²) in [6, 6.07) is 3.86. The highest BCUT2D eigenvalue weighted by molar-refractivity contribution is 6.07. The standard InChI is InChI=1S/C42H72N2O5.C19H35N3O2/c1-18-19-22-42(34(46)48-31-20-23-38(8,9)43(16)40(31,12)13,35(47)49-32-21-24-39(10,11)44(17)41(32,14)15)27-28-25-29(36(2,3)4)26-30(33(28)45)37(5,6)7;1-6-7-8-9-10-11-12-22-15(23)19(20-16(22)24)13-17(2,3)21-18(4,5)14-19/h25-26,31-32,45H,18-24,27H2,1-17H3;21H,6-14H2,1-5H3,(H,20,24). The number of carbonyl (C=O) groups excluding carboxylic acids is 4. The van der Waals surface area contributed by atoms with Crippen LogP contribution in [0.4, 0.5) is 4.79 Å². The smallest absolute Gasteiger partial charge is 0.325 e. The van der Waals surface area contributed by atoms with Crippen molar-refractivity contribution in [3.63, 3.8) is 0 Å². The Morgan fingerprint density at radius 3 is 1.56 bits per heavy atom. The Bertz CT molecular complexity index is 2030. The van der Waals surface area contributed by atoms with E-state index in [-0.39, 0.29) is 63.5 Å². The van der Waals surface area contributed by atoms with Gasteiger partial charge in [0.2, 0.25) is 0 Å². The van der Waals surface area contributed by atoms with Crippen molar-refractivity contribution in [2.75, 3.05) is 20.6 Å². The summed E-state index contributed by atoms with van der Waals surface area (Å²) in [5.74, 6) is -0.973. The number of urea groups is 1. The molecule has 12 nitrogen and oxygen atoms in total. The van der Waals surface area contributed by atoms with Crippen molar-refractivity contribution in [3.05, 3.63) is 28.8 Å². The summed E-state index contributed by atoms with van der Waals surface area (Å²) in [7, 11) is 4.18. The largest absolute Gasteiger partial charge is 0.507 e. The molecule has 0 aromatic heterocycles. The first-order valence-electron chi connectivity index (χ1n) is 28.4. The van der Waals surface area contributed by atoms with Gasteiger partial charge in [0.25, 0.3) is 5.91 Å². The number of likely N-dealkylation sites (N-methyl/N-ethyl adjacent to an activating group) is 2. The van der Waals surface area contributed by atoms with Crippen molar-refractivity contribution in [2.45, 2.75) is 303 Å². The second-order valence-electron chi connectivity index (χ2n) is 28.8. The highest BCUT2D eigenvalue weighted by Crippen LogP contribution is 2.47. The number of hydrogen-bond acceptors (Lipinski definition) is 10. The summed E-state index contributed by atoms with van der Waals surface area (Å²) < 4.78 is 13.2. The number of nitrogens with zero attached hydrogens (tertiary/aromatic N) is 3. The van der Waals surface area contributed by atoms with Crippen molar-refractivity contribution < 1.29 is 33.8 Å². The molecule has 0 radical (unpaired) electrons. The third-order valence-electron chi connectivity index (χ3n) is 17.9. The average Bonchev–Trinajstić information content (AvgIpc) is 3.45. The van der Waals surface area contributed by atoms with Crippen LogP contribution in [0.1, 0.15) is 251 Å². The average molecular weight is 1020 g/mol. The van der Waals surface area contributed by atoms with Crippen molar-refractivity contribution >= 4 is 23.9 Å². The Balaban J connectivity index is 0.000000401. The third-order valence-corrected chi connectivity index (χ3v) is 17.9. The number of ether oxygens (including phenoxy) is 2. The fraction of sp³-hybridized carbons (Fsp3) is 0.836. The van der Waals surface area contributed by atoms with Crippen molar-refractivity contribution in [2.24, 2.45) is 5.41 Å². The molecule has 73 heavy (non-hydrogen) atoms. The zero-order valence-electron chi connectivity index (χ0n) is 50.6. The van der Waals surface area contributed by atoms with Crippen LogP contribution in [0.25, 0.3) is 0 Å². The molecule has 4 aliphatic heterocycles. The lowest BCUT2D eigenvalue weighted by atomic mass is 9.71. The van der Waals surface area contributed by atoms with Crippen LogP contribution in [0, 0.1) is 5.41 Å². The lowest BCUT2D eigenvalue weighted by molar-refractivity contribution is -0.196. The predicted octanol–water partition coefficient (Wildman–Crippen LogP) is 12.7. The molecule has 4 heterocycles. The van der Waals surface area contributed by atoms with Gasteiger partial charge in [0.05, 0.1) is 11.1 Å². The van der Waals surface area contributed by atoms with Crippen LogP contribution in [-0.4, -0.2) is 115 Å². The summed E-state index contributed by atoms with van der Waals surface area (Å²) >= 11 is 0. The van der Waals surface area contributed by atoms with E-state index in [0.717, 1.165) is 43.2 Å². The van der Waals surface area contributed by atoms with E-state index in [4.69, 9.17) is 9.47 Å². The summed E-state index contributed by atoms with van der Waals surface area (Å²) in [5.41, 5.74) is -1.90. The Kier molecular flexibility index (Phi) is 19.1. The summed E-state index contributed by atoms with van der Waals surface area (Å²) in [5, 5.41) is 18.6. The maximum Gasteiger partial charge on any atom is 0.325 e. The Labute approximate surface area is 445 Å².